The first-order chi connectivity index (χ1) is 13.5. The van der Waals surface area contributed by atoms with Crippen LogP contribution < -0.4 is 14.8 Å². The second kappa shape index (κ2) is 10.2. The van der Waals surface area contributed by atoms with Crippen LogP contribution in [0.5, 0.6) is 11.5 Å². The van der Waals surface area contributed by atoms with Gasteiger partial charge in [-0.1, -0.05) is 23.7 Å². The van der Waals surface area contributed by atoms with Crippen molar-refractivity contribution < 1.29 is 23.8 Å². The summed E-state index contributed by atoms with van der Waals surface area (Å²) < 4.78 is 15.7. The smallest absolute Gasteiger partial charge is 0.340 e. The number of benzene rings is 2. The number of nitrogens with zero attached hydrogens (tertiary/aromatic N) is 1. The monoisotopic (exact) mass is 402 g/mol. The molecule has 28 heavy (non-hydrogen) atoms. The second-order valence-electron chi connectivity index (χ2n) is 5.58. The number of hydrogen-bond donors (Lipinski definition) is 1. The van der Waals surface area contributed by atoms with Crippen LogP contribution in [0.2, 0.25) is 5.02 Å². The van der Waals surface area contributed by atoms with Crippen molar-refractivity contribution in [1.82, 2.24) is 0 Å². The maximum absolute atomic E-state index is 12.6. The predicted octanol–water partition coefficient (Wildman–Crippen LogP) is 4.07. The normalized spacial score (nSPS) is 9.93. The number of anilines is 1. The molecular weight excluding hydrogens is 384 g/mol. The lowest BCUT2D eigenvalue weighted by molar-refractivity contribution is 0.0502. The Kier molecular flexibility index (Phi) is 7.66. The zero-order valence-electron chi connectivity index (χ0n) is 15.5. The van der Waals surface area contributed by atoms with Crippen LogP contribution in [0.4, 0.5) is 5.69 Å². The molecule has 0 spiro atoms. The number of nitrogens with one attached hydrogen (secondary N) is 1. The SMILES string of the molecule is COc1cc(NC(=O)c2ccccc2Cl)c(C(=O)OCCCC#N)cc1OC. The molecule has 1 N–H and O–H groups in total. The van der Waals surface area contributed by atoms with Gasteiger partial charge >= 0.3 is 5.97 Å². The number of esters is 1. The Morgan fingerprint density at radius 3 is 2.43 bits per heavy atom. The highest BCUT2D eigenvalue weighted by Crippen LogP contribution is 2.34. The highest BCUT2D eigenvalue weighted by Gasteiger charge is 2.21. The number of ether oxygens (including phenoxy) is 3. The molecule has 0 heterocycles. The first kappa shape index (κ1) is 21.1. The summed E-state index contributed by atoms with van der Waals surface area (Å²) in [5, 5.41) is 11.5. The predicted molar refractivity (Wildman–Crippen MR) is 104 cm³/mol. The largest absolute Gasteiger partial charge is 0.493 e. The molecule has 8 heteroatoms. The van der Waals surface area contributed by atoms with E-state index in [0.717, 1.165) is 0 Å². The van der Waals surface area contributed by atoms with Crippen LogP contribution in [0.25, 0.3) is 0 Å². The number of amides is 1. The fourth-order valence-electron chi connectivity index (χ4n) is 2.38. The van der Waals surface area contributed by atoms with Crippen molar-refractivity contribution in [1.29, 1.82) is 5.26 Å². The maximum atomic E-state index is 12.6. The van der Waals surface area contributed by atoms with Crippen LogP contribution in [-0.2, 0) is 4.74 Å². The van der Waals surface area contributed by atoms with E-state index in [1.165, 1.54) is 26.4 Å². The van der Waals surface area contributed by atoms with E-state index in [9.17, 15) is 9.59 Å². The number of rotatable bonds is 8. The van der Waals surface area contributed by atoms with Crippen LogP contribution in [0.3, 0.4) is 0 Å². The summed E-state index contributed by atoms with van der Waals surface area (Å²) in [5.41, 5.74) is 0.537. The number of methoxy groups -OCH3 is 2. The molecule has 0 radical (unpaired) electrons. The first-order valence-electron chi connectivity index (χ1n) is 8.37. The molecule has 146 valence electrons. The van der Waals surface area contributed by atoms with Crippen LogP contribution >= 0.6 is 11.6 Å². The molecule has 2 aromatic carbocycles. The Morgan fingerprint density at radius 2 is 1.79 bits per heavy atom. The van der Waals surface area contributed by atoms with E-state index in [2.05, 4.69) is 5.32 Å². The van der Waals surface area contributed by atoms with E-state index in [4.69, 9.17) is 31.1 Å². The van der Waals surface area contributed by atoms with E-state index in [-0.39, 0.29) is 34.9 Å². The van der Waals surface area contributed by atoms with E-state index in [0.29, 0.717) is 17.9 Å². The molecule has 0 aliphatic heterocycles. The average molecular weight is 403 g/mol. The fraction of sp³-hybridized carbons (Fsp3) is 0.250. The summed E-state index contributed by atoms with van der Waals surface area (Å²) in [6.45, 7) is 0.0820. The molecule has 0 saturated heterocycles. The Hall–Kier alpha value is -3.24. The number of halogens is 1. The molecule has 0 atom stereocenters. The van der Waals surface area contributed by atoms with Gasteiger partial charge in [-0.2, -0.15) is 5.26 Å². The molecule has 0 fully saturated rings. The molecular formula is C20H19ClN2O5. The fourth-order valence-corrected chi connectivity index (χ4v) is 2.60. The highest BCUT2D eigenvalue weighted by atomic mass is 35.5. The minimum absolute atomic E-state index is 0.0820. The zero-order valence-corrected chi connectivity index (χ0v) is 16.2. The molecule has 0 bridgehead atoms. The lowest BCUT2D eigenvalue weighted by atomic mass is 10.1. The molecule has 2 rings (SSSR count). The molecule has 0 aliphatic rings. The topological polar surface area (TPSA) is 97.6 Å². The minimum atomic E-state index is -0.659. The summed E-state index contributed by atoms with van der Waals surface area (Å²) in [4.78, 5) is 25.1. The van der Waals surface area contributed by atoms with E-state index >= 15 is 0 Å². The van der Waals surface area contributed by atoms with Crippen molar-refractivity contribution in [2.24, 2.45) is 0 Å². The Labute approximate surface area is 167 Å². The van der Waals surface area contributed by atoms with Crippen molar-refractivity contribution >= 4 is 29.2 Å². The standard InChI is InChI=1S/C20H19ClN2O5/c1-26-17-11-14(20(25)28-10-6-5-9-22)16(12-18(17)27-2)23-19(24)13-7-3-4-8-15(13)21/h3-4,7-8,11-12H,5-6,10H2,1-2H3,(H,23,24). The Bertz CT molecular complexity index is 908. The molecule has 0 aromatic heterocycles. The van der Waals surface area contributed by atoms with E-state index in [1.54, 1.807) is 24.3 Å². The van der Waals surface area contributed by atoms with E-state index in [1.807, 2.05) is 6.07 Å². The minimum Gasteiger partial charge on any atom is -0.493 e. The van der Waals surface area contributed by atoms with Crippen LogP contribution in [0, 0.1) is 11.3 Å². The summed E-state index contributed by atoms with van der Waals surface area (Å²) in [6.07, 6.45) is 0.687. The van der Waals surface area contributed by atoms with Gasteiger partial charge in [0.2, 0.25) is 0 Å². The molecule has 7 nitrogen and oxygen atoms in total. The third-order valence-corrected chi connectivity index (χ3v) is 4.11. The lowest BCUT2D eigenvalue weighted by Crippen LogP contribution is -2.17. The summed E-state index contributed by atoms with van der Waals surface area (Å²) in [7, 11) is 2.87. The van der Waals surface area contributed by atoms with Crippen LogP contribution in [-0.4, -0.2) is 32.7 Å². The van der Waals surface area contributed by atoms with Crippen molar-refractivity contribution in [3.8, 4) is 17.6 Å². The summed E-state index contributed by atoms with van der Waals surface area (Å²) in [5.74, 6) is -0.509. The van der Waals surface area contributed by atoms with Gasteiger partial charge < -0.3 is 19.5 Å². The summed E-state index contributed by atoms with van der Waals surface area (Å²) in [6, 6.07) is 11.4. The van der Waals surface area contributed by atoms with Gasteiger partial charge in [0, 0.05) is 18.6 Å². The lowest BCUT2D eigenvalue weighted by Gasteiger charge is -2.15. The molecule has 1 amide bonds. The molecule has 0 aliphatic carbocycles. The van der Waals surface area contributed by atoms with Crippen LogP contribution in [0.1, 0.15) is 33.6 Å². The number of carbonyl (C=O) groups excluding carboxylic acids is 2. The van der Waals surface area contributed by atoms with Gasteiger partial charge in [-0.15, -0.1) is 0 Å². The molecule has 0 unspecified atom stereocenters. The van der Waals surface area contributed by atoms with Gasteiger partial charge in [0.1, 0.15) is 0 Å². The van der Waals surface area contributed by atoms with E-state index < -0.39 is 11.9 Å². The van der Waals surface area contributed by atoms with Gasteiger partial charge in [-0.25, -0.2) is 4.79 Å². The number of unbranched alkanes of at least 4 members (excludes halogenated alkanes) is 1. The van der Waals surface area contributed by atoms with Crippen molar-refractivity contribution in [3.63, 3.8) is 0 Å². The molecule has 2 aromatic rings. The highest BCUT2D eigenvalue weighted by molar-refractivity contribution is 6.34. The first-order valence-corrected chi connectivity index (χ1v) is 8.75. The van der Waals surface area contributed by atoms with Crippen molar-refractivity contribution in [2.45, 2.75) is 12.8 Å². The Balaban J connectivity index is 2.35. The van der Waals surface area contributed by atoms with Gasteiger partial charge in [-0.05, 0) is 18.6 Å². The number of carbonyl (C=O) groups is 2. The van der Waals surface area contributed by atoms with Crippen LogP contribution in [0.15, 0.2) is 36.4 Å². The quantitative estimate of drug-likeness (QED) is 0.528. The third-order valence-electron chi connectivity index (χ3n) is 3.78. The zero-order chi connectivity index (χ0) is 20.5. The number of hydrogen-bond acceptors (Lipinski definition) is 6. The van der Waals surface area contributed by atoms with Gasteiger partial charge in [0.05, 0.1) is 48.7 Å². The summed E-state index contributed by atoms with van der Waals surface area (Å²) >= 11 is 6.07. The van der Waals surface area contributed by atoms with Gasteiger partial charge in [-0.3, -0.25) is 4.79 Å². The van der Waals surface area contributed by atoms with Gasteiger partial charge in [0.15, 0.2) is 11.5 Å². The molecule has 0 saturated carbocycles. The third kappa shape index (κ3) is 5.15. The van der Waals surface area contributed by atoms with Gasteiger partial charge in [0.25, 0.3) is 5.91 Å². The maximum Gasteiger partial charge on any atom is 0.340 e. The van der Waals surface area contributed by atoms with Crippen molar-refractivity contribution in [2.75, 3.05) is 26.1 Å². The Morgan fingerprint density at radius 1 is 1.11 bits per heavy atom. The second-order valence-corrected chi connectivity index (χ2v) is 5.99. The number of nitriles is 1. The van der Waals surface area contributed by atoms with Crippen molar-refractivity contribution in [3.05, 3.63) is 52.5 Å². The average Bonchev–Trinajstić information content (AvgIpc) is 2.70.